The van der Waals surface area contributed by atoms with Gasteiger partial charge in [-0.3, -0.25) is 0 Å². The molecule has 0 unspecified atom stereocenters. The Hall–Kier alpha value is 0.180. The molecule has 0 fully saturated rings. The van der Waals surface area contributed by atoms with Gasteiger partial charge in [0.2, 0.25) is 0 Å². The molecule has 0 spiro atoms. The van der Waals surface area contributed by atoms with Crippen LogP contribution in [0.3, 0.4) is 0 Å². The molecule has 0 saturated heterocycles. The van der Waals surface area contributed by atoms with Gasteiger partial charge in [-0.15, -0.1) is 0 Å². The van der Waals surface area contributed by atoms with E-state index in [1.54, 1.807) is 0 Å². The Bertz CT molecular complexity index is 124. The van der Waals surface area contributed by atoms with Gasteiger partial charge in [0.1, 0.15) is 0 Å². The monoisotopic (exact) mass is 186 g/mol. The minimum absolute atomic E-state index is 1.20. The summed E-state index contributed by atoms with van der Waals surface area (Å²) in [6.45, 7) is 0. The van der Waals surface area contributed by atoms with Gasteiger partial charge < -0.3 is 0 Å². The van der Waals surface area contributed by atoms with Crippen molar-refractivity contribution in [2.45, 2.75) is 25.7 Å². The maximum Gasteiger partial charge on any atom is 0.0229 e. The predicted octanol–water partition coefficient (Wildman–Crippen LogP) is 4.01. The molecule has 1 aliphatic carbocycles. The first-order valence-corrected chi connectivity index (χ1v) is 6.46. The highest BCUT2D eigenvalue weighted by molar-refractivity contribution is 8.78. The van der Waals surface area contributed by atoms with Crippen LogP contribution in [0.4, 0.5) is 0 Å². The Morgan fingerprint density at radius 3 is 1.82 bits per heavy atom. The molecule has 0 aromatic heterocycles. The molecule has 2 heteroatoms. The smallest absolute Gasteiger partial charge is 0.0229 e. The molecule has 0 N–H and O–H groups in total. The highest BCUT2D eigenvalue weighted by atomic mass is 33.1. The predicted molar refractivity (Wildman–Crippen MR) is 56.8 cm³/mol. The van der Waals surface area contributed by atoms with E-state index in [9.17, 15) is 0 Å². The second kappa shape index (κ2) is 6.86. The van der Waals surface area contributed by atoms with Crippen LogP contribution in [-0.2, 0) is 0 Å². The van der Waals surface area contributed by atoms with Gasteiger partial charge in [0.15, 0.2) is 0 Å². The van der Waals surface area contributed by atoms with Crippen LogP contribution in [0.2, 0.25) is 0 Å². The molecule has 0 radical (unpaired) electrons. The van der Waals surface area contributed by atoms with Crippen molar-refractivity contribution < 1.29 is 0 Å². The molecule has 11 heavy (non-hydrogen) atoms. The van der Waals surface area contributed by atoms with E-state index < -0.39 is 0 Å². The molecule has 0 bridgehead atoms. The van der Waals surface area contributed by atoms with Gasteiger partial charge in [0.25, 0.3) is 0 Å². The minimum atomic E-state index is 1.20. The van der Waals surface area contributed by atoms with E-state index in [4.69, 9.17) is 0 Å². The third kappa shape index (κ3) is 5.45. The second-order valence-corrected chi connectivity index (χ2v) is 4.83. The molecule has 0 amide bonds. The van der Waals surface area contributed by atoms with Crippen LogP contribution in [0.5, 0.6) is 0 Å². The average Bonchev–Trinajstić information content (AvgIpc) is 2.64. The van der Waals surface area contributed by atoms with Crippen LogP contribution < -0.4 is 0 Å². The van der Waals surface area contributed by atoms with E-state index >= 15 is 0 Å². The molecule has 0 aromatic rings. The molecule has 0 nitrogen and oxygen atoms in total. The lowest BCUT2D eigenvalue weighted by atomic mass is 10.1. The number of rotatable bonds is 0. The summed E-state index contributed by atoms with van der Waals surface area (Å²) in [6, 6.07) is 0. The Balaban J connectivity index is 0.000000112. The van der Waals surface area contributed by atoms with Crippen LogP contribution in [0, 0.1) is 0 Å². The fourth-order valence-electron chi connectivity index (χ4n) is 0.956. The van der Waals surface area contributed by atoms with Gasteiger partial charge in [0, 0.05) is 5.75 Å². The third-order valence-electron chi connectivity index (χ3n) is 1.54. The van der Waals surface area contributed by atoms with Crippen molar-refractivity contribution in [3.63, 3.8) is 0 Å². The summed E-state index contributed by atoms with van der Waals surface area (Å²) in [7, 11) is 3.69. The first-order chi connectivity index (χ1) is 5.50. The van der Waals surface area contributed by atoms with Gasteiger partial charge in [-0.2, -0.15) is 0 Å². The Morgan fingerprint density at radius 1 is 0.909 bits per heavy atom. The van der Waals surface area contributed by atoms with Crippen molar-refractivity contribution in [1.29, 1.82) is 0 Å². The van der Waals surface area contributed by atoms with Crippen LogP contribution in [0.15, 0.2) is 23.6 Å². The highest BCUT2D eigenvalue weighted by Gasteiger charge is 1.87. The zero-order valence-corrected chi connectivity index (χ0v) is 8.29. The van der Waals surface area contributed by atoms with Crippen molar-refractivity contribution >= 4 is 21.6 Å². The summed E-state index contributed by atoms with van der Waals surface area (Å²) in [4.78, 5) is 0. The fraction of sp³-hybridized carbons (Fsp3) is 0.556. The topological polar surface area (TPSA) is 0 Å². The lowest BCUT2D eigenvalue weighted by molar-refractivity contribution is 0.730. The average molecular weight is 186 g/mol. The summed E-state index contributed by atoms with van der Waals surface area (Å²) in [5.41, 5.74) is 0. The molecule has 0 aromatic carbocycles. The van der Waals surface area contributed by atoms with Crippen LogP contribution in [-0.4, -0.2) is 5.75 Å². The standard InChI is InChI=1S/C6H10.C3H4S2/c1-2-4-6-5-3-1;1-2-4-5-3-1/h1-2H,3-6H2;1-2H,3H2. The summed E-state index contributed by atoms with van der Waals surface area (Å²) >= 11 is 0. The third-order valence-corrected chi connectivity index (χ3v) is 3.46. The SMILES string of the molecule is C1=CCCCC1.C1=CSSC1. The molecule has 62 valence electrons. The van der Waals surface area contributed by atoms with Crippen LogP contribution in [0.1, 0.15) is 25.7 Å². The Kier molecular flexibility index (Phi) is 5.78. The zero-order chi connectivity index (χ0) is 7.78. The van der Waals surface area contributed by atoms with E-state index in [1.807, 2.05) is 21.6 Å². The quantitative estimate of drug-likeness (QED) is 0.414. The van der Waals surface area contributed by atoms with Crippen LogP contribution in [0.25, 0.3) is 0 Å². The summed E-state index contributed by atoms with van der Waals surface area (Å²) < 4.78 is 0. The van der Waals surface area contributed by atoms with Gasteiger partial charge >= 0.3 is 0 Å². The maximum absolute atomic E-state index is 2.27. The largest absolute Gasteiger partial charge is 0.0885 e. The number of hydrogen-bond acceptors (Lipinski definition) is 2. The fourth-order valence-corrected chi connectivity index (χ4v) is 2.53. The molecule has 2 aliphatic rings. The molecule has 1 heterocycles. The molecule has 0 saturated carbocycles. The summed E-state index contributed by atoms with van der Waals surface area (Å²) in [5, 5.41) is 2.12. The van der Waals surface area contributed by atoms with Crippen molar-refractivity contribution in [2.75, 3.05) is 5.75 Å². The normalized spacial score (nSPS) is 21.1. The summed E-state index contributed by atoms with van der Waals surface area (Å²) in [6.07, 6.45) is 12.2. The Morgan fingerprint density at radius 2 is 1.64 bits per heavy atom. The van der Waals surface area contributed by atoms with Gasteiger partial charge in [-0.05, 0) is 31.1 Å². The van der Waals surface area contributed by atoms with E-state index in [0.717, 1.165) is 0 Å². The van der Waals surface area contributed by atoms with Gasteiger partial charge in [-0.1, -0.05) is 39.8 Å². The molecule has 2 rings (SSSR count). The van der Waals surface area contributed by atoms with E-state index in [-0.39, 0.29) is 0 Å². The number of allylic oxidation sites excluding steroid dienone is 2. The van der Waals surface area contributed by atoms with Gasteiger partial charge in [-0.25, -0.2) is 0 Å². The first kappa shape index (κ1) is 9.27. The minimum Gasteiger partial charge on any atom is -0.0885 e. The molecule has 0 atom stereocenters. The zero-order valence-electron chi connectivity index (χ0n) is 6.66. The van der Waals surface area contributed by atoms with Gasteiger partial charge in [0.05, 0.1) is 0 Å². The van der Waals surface area contributed by atoms with E-state index in [2.05, 4.69) is 23.6 Å². The molecule has 1 aliphatic heterocycles. The highest BCUT2D eigenvalue weighted by Crippen LogP contribution is 2.27. The van der Waals surface area contributed by atoms with Crippen molar-refractivity contribution in [1.82, 2.24) is 0 Å². The van der Waals surface area contributed by atoms with Crippen molar-refractivity contribution in [2.24, 2.45) is 0 Å². The van der Waals surface area contributed by atoms with E-state index in [0.29, 0.717) is 0 Å². The van der Waals surface area contributed by atoms with Crippen LogP contribution >= 0.6 is 21.6 Å². The Labute approximate surface area is 76.9 Å². The van der Waals surface area contributed by atoms with E-state index in [1.165, 1.54) is 31.4 Å². The number of hydrogen-bond donors (Lipinski definition) is 0. The first-order valence-electron chi connectivity index (χ1n) is 4.08. The second-order valence-electron chi connectivity index (χ2n) is 2.51. The lowest BCUT2D eigenvalue weighted by Gasteiger charge is -1.97. The molecular weight excluding hydrogens is 172 g/mol. The molecular formula is C9H14S2. The van der Waals surface area contributed by atoms with Crippen molar-refractivity contribution in [3.05, 3.63) is 23.6 Å². The van der Waals surface area contributed by atoms with Crippen molar-refractivity contribution in [3.8, 4) is 0 Å². The maximum atomic E-state index is 2.27. The summed E-state index contributed by atoms with van der Waals surface area (Å²) in [5.74, 6) is 1.20. The lowest BCUT2D eigenvalue weighted by Crippen LogP contribution is -1.77.